The summed E-state index contributed by atoms with van der Waals surface area (Å²) in [7, 11) is 1.62. The van der Waals surface area contributed by atoms with Crippen LogP contribution >= 0.6 is 0 Å². The Hall–Kier alpha value is -2.93. The Bertz CT molecular complexity index is 766. The largest absolute Gasteiger partial charge is 0.496 e. The van der Waals surface area contributed by atoms with Crippen LogP contribution in [-0.4, -0.2) is 55.0 Å². The second kappa shape index (κ2) is 8.44. The van der Waals surface area contributed by atoms with Crippen LogP contribution in [0.2, 0.25) is 0 Å². The Balaban J connectivity index is 1.69. The number of piperazine rings is 1. The minimum absolute atomic E-state index is 0.0684. The zero-order valence-corrected chi connectivity index (χ0v) is 14.6. The van der Waals surface area contributed by atoms with E-state index in [2.05, 4.69) is 15.6 Å². The molecule has 2 aromatic rings. The maximum absolute atomic E-state index is 12.7. The fraction of sp³-hybridized carbons (Fsp3) is 0.316. The summed E-state index contributed by atoms with van der Waals surface area (Å²) in [5, 5.41) is 5.97. The van der Waals surface area contributed by atoms with Gasteiger partial charge in [0.25, 0.3) is 5.91 Å². The van der Waals surface area contributed by atoms with Crippen LogP contribution in [0.4, 0.5) is 0 Å². The first kappa shape index (κ1) is 17.9. The number of nitrogens with zero attached hydrogens (tertiary/aromatic N) is 2. The van der Waals surface area contributed by atoms with E-state index in [1.54, 1.807) is 36.4 Å². The Kier molecular flexibility index (Phi) is 5.80. The summed E-state index contributed by atoms with van der Waals surface area (Å²) in [6, 6.07) is 12.6. The van der Waals surface area contributed by atoms with Crippen LogP contribution < -0.4 is 15.4 Å². The lowest BCUT2D eigenvalue weighted by atomic mass is 10.0. The molecule has 7 heteroatoms. The highest BCUT2D eigenvalue weighted by Crippen LogP contribution is 2.30. The number of hydrogen-bond acceptors (Lipinski definition) is 5. The summed E-state index contributed by atoms with van der Waals surface area (Å²) in [6.45, 7) is 1.86. The van der Waals surface area contributed by atoms with Crippen LogP contribution in [0, 0.1) is 0 Å². The van der Waals surface area contributed by atoms with E-state index in [9.17, 15) is 9.59 Å². The number of nitrogens with one attached hydrogen (secondary N) is 2. The van der Waals surface area contributed by atoms with Gasteiger partial charge in [0.1, 0.15) is 11.4 Å². The van der Waals surface area contributed by atoms with Crippen molar-refractivity contribution in [2.24, 2.45) is 0 Å². The lowest BCUT2D eigenvalue weighted by molar-refractivity contribution is -0.133. The topological polar surface area (TPSA) is 83.6 Å². The minimum atomic E-state index is -0.358. The van der Waals surface area contributed by atoms with Gasteiger partial charge in [-0.05, 0) is 18.2 Å². The molecule has 136 valence electrons. The summed E-state index contributed by atoms with van der Waals surface area (Å²) in [6.07, 6.45) is 1.55. The molecule has 26 heavy (non-hydrogen) atoms. The molecule has 1 saturated heterocycles. The third-order valence-electron chi connectivity index (χ3n) is 4.36. The Morgan fingerprint density at radius 1 is 1.27 bits per heavy atom. The second-order valence-electron chi connectivity index (χ2n) is 5.95. The average molecular weight is 354 g/mol. The number of ether oxygens (including phenoxy) is 1. The van der Waals surface area contributed by atoms with Gasteiger partial charge in [0.2, 0.25) is 5.91 Å². The summed E-state index contributed by atoms with van der Waals surface area (Å²) in [4.78, 5) is 30.6. The van der Waals surface area contributed by atoms with Crippen molar-refractivity contribution in [1.82, 2.24) is 20.5 Å². The molecule has 0 radical (unpaired) electrons. The average Bonchev–Trinajstić information content (AvgIpc) is 2.72. The number of para-hydroxylation sites is 1. The van der Waals surface area contributed by atoms with Crippen molar-refractivity contribution in [1.29, 1.82) is 0 Å². The van der Waals surface area contributed by atoms with Crippen molar-refractivity contribution in [3.05, 3.63) is 59.9 Å². The lowest BCUT2D eigenvalue weighted by Gasteiger charge is -2.37. The van der Waals surface area contributed by atoms with E-state index in [1.807, 2.05) is 24.3 Å². The Morgan fingerprint density at radius 3 is 2.85 bits per heavy atom. The standard InChI is InChI=1S/C19H22N4O3/c1-26-17-8-3-2-6-14(17)16-12-20-10-11-23(16)18(24)13-22-19(25)15-7-4-5-9-21-15/h2-9,16,20H,10-13H2,1H3,(H,22,25). The molecular weight excluding hydrogens is 332 g/mol. The van der Waals surface area contributed by atoms with E-state index >= 15 is 0 Å². The predicted octanol–water partition coefficient (Wildman–Crippen LogP) is 0.993. The summed E-state index contributed by atoms with van der Waals surface area (Å²) in [5.41, 5.74) is 1.24. The molecule has 1 unspecified atom stereocenters. The molecular formula is C19H22N4O3. The van der Waals surface area contributed by atoms with E-state index in [0.29, 0.717) is 25.3 Å². The molecule has 2 heterocycles. The van der Waals surface area contributed by atoms with Crippen molar-refractivity contribution in [3.63, 3.8) is 0 Å². The quantitative estimate of drug-likeness (QED) is 0.837. The molecule has 1 fully saturated rings. The molecule has 0 aliphatic carbocycles. The number of carbonyl (C=O) groups excluding carboxylic acids is 2. The number of methoxy groups -OCH3 is 1. The zero-order chi connectivity index (χ0) is 18.4. The van der Waals surface area contributed by atoms with Gasteiger partial charge in [0.05, 0.1) is 19.7 Å². The number of hydrogen-bond donors (Lipinski definition) is 2. The van der Waals surface area contributed by atoms with E-state index in [1.165, 1.54) is 0 Å². The number of rotatable bonds is 5. The van der Waals surface area contributed by atoms with Gasteiger partial charge < -0.3 is 20.3 Å². The first-order chi connectivity index (χ1) is 12.7. The van der Waals surface area contributed by atoms with Gasteiger partial charge in [-0.2, -0.15) is 0 Å². The van der Waals surface area contributed by atoms with E-state index in [4.69, 9.17) is 4.74 Å². The van der Waals surface area contributed by atoms with Gasteiger partial charge in [-0.3, -0.25) is 14.6 Å². The molecule has 2 N–H and O–H groups in total. The molecule has 1 aromatic heterocycles. The van der Waals surface area contributed by atoms with Crippen molar-refractivity contribution >= 4 is 11.8 Å². The third-order valence-corrected chi connectivity index (χ3v) is 4.36. The van der Waals surface area contributed by atoms with Crippen LogP contribution in [0.1, 0.15) is 22.1 Å². The number of benzene rings is 1. The highest BCUT2D eigenvalue weighted by molar-refractivity contribution is 5.94. The van der Waals surface area contributed by atoms with Crippen molar-refractivity contribution in [3.8, 4) is 5.75 Å². The van der Waals surface area contributed by atoms with Crippen LogP contribution in [-0.2, 0) is 4.79 Å². The van der Waals surface area contributed by atoms with Crippen molar-refractivity contribution in [2.75, 3.05) is 33.3 Å². The van der Waals surface area contributed by atoms with Gasteiger partial charge >= 0.3 is 0 Å². The van der Waals surface area contributed by atoms with Gasteiger partial charge in [-0.15, -0.1) is 0 Å². The van der Waals surface area contributed by atoms with Crippen LogP contribution in [0.5, 0.6) is 5.75 Å². The van der Waals surface area contributed by atoms with Crippen LogP contribution in [0.25, 0.3) is 0 Å². The monoisotopic (exact) mass is 354 g/mol. The fourth-order valence-electron chi connectivity index (χ4n) is 3.07. The van der Waals surface area contributed by atoms with Gasteiger partial charge in [0.15, 0.2) is 0 Å². The molecule has 1 aliphatic rings. The third kappa shape index (κ3) is 4.00. The predicted molar refractivity (Wildman–Crippen MR) is 96.9 cm³/mol. The normalized spacial score (nSPS) is 16.8. The number of carbonyl (C=O) groups is 2. The smallest absolute Gasteiger partial charge is 0.270 e. The van der Waals surface area contributed by atoms with E-state index in [0.717, 1.165) is 11.3 Å². The Labute approximate surface area is 152 Å². The maximum Gasteiger partial charge on any atom is 0.270 e. The van der Waals surface area contributed by atoms with Gasteiger partial charge in [0, 0.05) is 31.4 Å². The highest BCUT2D eigenvalue weighted by Gasteiger charge is 2.29. The highest BCUT2D eigenvalue weighted by atomic mass is 16.5. The van der Waals surface area contributed by atoms with Crippen LogP contribution in [0.3, 0.4) is 0 Å². The summed E-state index contributed by atoms with van der Waals surface area (Å²) in [5.74, 6) is 0.256. The zero-order valence-electron chi connectivity index (χ0n) is 14.6. The molecule has 0 bridgehead atoms. The first-order valence-corrected chi connectivity index (χ1v) is 8.53. The molecule has 2 amide bonds. The Morgan fingerprint density at radius 2 is 2.08 bits per heavy atom. The molecule has 1 aromatic carbocycles. The molecule has 1 atom stereocenters. The summed E-state index contributed by atoms with van der Waals surface area (Å²) >= 11 is 0. The molecule has 3 rings (SSSR count). The summed E-state index contributed by atoms with van der Waals surface area (Å²) < 4.78 is 5.44. The molecule has 7 nitrogen and oxygen atoms in total. The van der Waals surface area contributed by atoms with E-state index < -0.39 is 0 Å². The first-order valence-electron chi connectivity index (χ1n) is 8.53. The second-order valence-corrected chi connectivity index (χ2v) is 5.95. The van der Waals surface area contributed by atoms with Gasteiger partial charge in [-0.1, -0.05) is 24.3 Å². The number of amides is 2. The minimum Gasteiger partial charge on any atom is -0.496 e. The molecule has 0 saturated carbocycles. The SMILES string of the molecule is COc1ccccc1C1CNCCN1C(=O)CNC(=O)c1ccccn1. The van der Waals surface area contributed by atoms with Gasteiger partial charge in [-0.25, -0.2) is 0 Å². The maximum atomic E-state index is 12.7. The van der Waals surface area contributed by atoms with Crippen molar-refractivity contribution < 1.29 is 14.3 Å². The molecule has 1 aliphatic heterocycles. The van der Waals surface area contributed by atoms with Crippen molar-refractivity contribution in [2.45, 2.75) is 6.04 Å². The van der Waals surface area contributed by atoms with Crippen LogP contribution in [0.15, 0.2) is 48.7 Å². The number of aromatic nitrogens is 1. The lowest BCUT2D eigenvalue weighted by Crippen LogP contribution is -2.51. The fourth-order valence-corrected chi connectivity index (χ4v) is 3.07. The van der Waals surface area contributed by atoms with E-state index in [-0.39, 0.29) is 24.4 Å². The molecule has 0 spiro atoms. The number of pyridine rings is 1.